The average molecular weight is 614 g/mol. The fourth-order valence-corrected chi connectivity index (χ4v) is 5.73. The van der Waals surface area contributed by atoms with Crippen molar-refractivity contribution in [3.05, 3.63) is 99.3 Å². The van der Waals surface area contributed by atoms with E-state index in [1.54, 1.807) is 53.2 Å². The maximum absolute atomic E-state index is 14.0. The lowest BCUT2D eigenvalue weighted by molar-refractivity contribution is -0.123. The van der Waals surface area contributed by atoms with Crippen LogP contribution in [-0.4, -0.2) is 52.2 Å². The van der Waals surface area contributed by atoms with Crippen LogP contribution in [0.4, 0.5) is 0 Å². The molecule has 11 heteroatoms. The fraction of sp³-hybridized carbons (Fsp3) is 0.333. The predicted molar refractivity (Wildman–Crippen MR) is 176 cm³/mol. The Morgan fingerprint density at radius 1 is 0.977 bits per heavy atom. The number of nitrogens with one attached hydrogen (secondary N) is 1. The van der Waals surface area contributed by atoms with Gasteiger partial charge in [0.15, 0.2) is 6.61 Å². The number of carbonyl (C=O) groups excluding carboxylic acids is 1. The van der Waals surface area contributed by atoms with Gasteiger partial charge < -0.3 is 14.8 Å². The molecule has 5 aromatic rings. The molecule has 3 aromatic carbocycles. The first-order chi connectivity index (χ1) is 21.0. The Bertz CT molecular complexity index is 1920. The van der Waals surface area contributed by atoms with Gasteiger partial charge >= 0.3 is 5.69 Å². The lowest BCUT2D eigenvalue weighted by Gasteiger charge is -2.16. The first-order valence-corrected chi connectivity index (χ1v) is 18.5. The molecule has 0 aliphatic carbocycles. The number of aromatic nitrogens is 4. The molecule has 44 heavy (non-hydrogen) atoms. The molecular formula is C33H39N5O5Si. The highest BCUT2D eigenvalue weighted by Crippen LogP contribution is 2.20. The highest BCUT2D eigenvalue weighted by atomic mass is 28.3. The number of amides is 1. The summed E-state index contributed by atoms with van der Waals surface area (Å²) >= 11 is 0. The summed E-state index contributed by atoms with van der Waals surface area (Å²) in [7, 11) is -1.17. The van der Waals surface area contributed by atoms with Gasteiger partial charge in [0.05, 0.1) is 34.8 Å². The Kier molecular flexibility index (Phi) is 9.16. The van der Waals surface area contributed by atoms with E-state index in [9.17, 15) is 14.4 Å². The summed E-state index contributed by atoms with van der Waals surface area (Å²) in [5.41, 5.74) is 1.83. The van der Waals surface area contributed by atoms with E-state index in [2.05, 4.69) is 30.1 Å². The van der Waals surface area contributed by atoms with Gasteiger partial charge in [0.25, 0.3) is 11.5 Å². The van der Waals surface area contributed by atoms with E-state index in [-0.39, 0.29) is 25.1 Å². The molecule has 1 amide bonds. The van der Waals surface area contributed by atoms with Crippen LogP contribution < -0.4 is 21.3 Å². The molecule has 2 aromatic heterocycles. The van der Waals surface area contributed by atoms with Crippen molar-refractivity contribution in [3.8, 4) is 11.4 Å². The number of hydrogen-bond acceptors (Lipinski definition) is 6. The Hall–Kier alpha value is -4.48. The second-order valence-corrected chi connectivity index (χ2v) is 18.0. The van der Waals surface area contributed by atoms with E-state index in [1.165, 1.54) is 0 Å². The molecule has 0 aliphatic heterocycles. The molecule has 2 heterocycles. The third-order valence-electron chi connectivity index (χ3n) is 7.20. The maximum atomic E-state index is 14.0. The van der Waals surface area contributed by atoms with Crippen molar-refractivity contribution in [1.29, 1.82) is 0 Å². The van der Waals surface area contributed by atoms with Gasteiger partial charge in [-0.1, -0.05) is 43.9 Å². The number of ether oxygens (including phenoxy) is 2. The molecule has 0 atom stereocenters. The van der Waals surface area contributed by atoms with E-state index >= 15 is 0 Å². The monoisotopic (exact) mass is 613 g/mol. The van der Waals surface area contributed by atoms with Gasteiger partial charge in [0.2, 0.25) is 0 Å². The molecule has 0 saturated carbocycles. The van der Waals surface area contributed by atoms with E-state index < -0.39 is 19.3 Å². The second-order valence-electron chi connectivity index (χ2n) is 12.4. The van der Waals surface area contributed by atoms with E-state index in [0.717, 1.165) is 27.1 Å². The van der Waals surface area contributed by atoms with Crippen LogP contribution in [-0.2, 0) is 22.8 Å². The van der Waals surface area contributed by atoms with Crippen LogP contribution in [0.1, 0.15) is 19.4 Å². The number of carbonyl (C=O) groups is 1. The molecular weight excluding hydrogens is 574 g/mol. The highest BCUT2D eigenvalue weighted by molar-refractivity contribution is 6.76. The molecule has 5 rings (SSSR count). The highest BCUT2D eigenvalue weighted by Gasteiger charge is 2.17. The Balaban J connectivity index is 1.45. The smallest absolute Gasteiger partial charge is 0.336 e. The van der Waals surface area contributed by atoms with Gasteiger partial charge in [0.1, 0.15) is 12.5 Å². The average Bonchev–Trinajstić information content (AvgIpc) is 3.38. The summed E-state index contributed by atoms with van der Waals surface area (Å²) in [6, 6.07) is 20.8. The van der Waals surface area contributed by atoms with Gasteiger partial charge in [-0.2, -0.15) is 5.10 Å². The molecule has 0 aliphatic rings. The summed E-state index contributed by atoms with van der Waals surface area (Å²) in [5, 5.41) is 8.64. The van der Waals surface area contributed by atoms with Crippen LogP contribution in [0.3, 0.4) is 0 Å². The van der Waals surface area contributed by atoms with E-state index in [0.29, 0.717) is 35.7 Å². The van der Waals surface area contributed by atoms with E-state index in [1.807, 2.05) is 42.8 Å². The summed E-state index contributed by atoms with van der Waals surface area (Å²) in [6.07, 6.45) is 1.80. The van der Waals surface area contributed by atoms with Crippen molar-refractivity contribution in [2.24, 2.45) is 0 Å². The second kappa shape index (κ2) is 13.0. The van der Waals surface area contributed by atoms with Crippen molar-refractivity contribution >= 4 is 35.8 Å². The normalized spacial score (nSPS) is 11.9. The summed E-state index contributed by atoms with van der Waals surface area (Å²) in [6.45, 7) is 11.9. The quantitative estimate of drug-likeness (QED) is 0.161. The Morgan fingerprint density at radius 3 is 2.55 bits per heavy atom. The Morgan fingerprint density at radius 2 is 1.77 bits per heavy atom. The lowest BCUT2D eigenvalue weighted by Crippen LogP contribution is -2.39. The van der Waals surface area contributed by atoms with Gasteiger partial charge in [0, 0.05) is 32.2 Å². The van der Waals surface area contributed by atoms with E-state index in [4.69, 9.17) is 9.47 Å². The zero-order valence-electron chi connectivity index (χ0n) is 25.9. The first-order valence-electron chi connectivity index (χ1n) is 14.8. The molecule has 230 valence electrons. The van der Waals surface area contributed by atoms with Crippen LogP contribution in [0.25, 0.3) is 27.5 Å². The van der Waals surface area contributed by atoms with Crippen molar-refractivity contribution in [3.63, 3.8) is 0 Å². The molecule has 0 radical (unpaired) electrons. The number of benzene rings is 3. The largest absolute Gasteiger partial charge is 0.484 e. The zero-order chi connectivity index (χ0) is 31.4. The molecule has 0 saturated heterocycles. The minimum absolute atomic E-state index is 0.0115. The molecule has 10 nitrogen and oxygen atoms in total. The minimum Gasteiger partial charge on any atom is -0.484 e. The van der Waals surface area contributed by atoms with Gasteiger partial charge in [-0.15, -0.1) is 0 Å². The fourth-order valence-electron chi connectivity index (χ4n) is 4.98. The summed E-state index contributed by atoms with van der Waals surface area (Å²) < 4.78 is 16.2. The van der Waals surface area contributed by atoms with Crippen molar-refractivity contribution in [2.45, 2.75) is 58.9 Å². The third kappa shape index (κ3) is 7.17. The topological polar surface area (TPSA) is 109 Å². The maximum Gasteiger partial charge on any atom is 0.336 e. The molecule has 0 fully saturated rings. The van der Waals surface area contributed by atoms with Gasteiger partial charge in [-0.05, 0) is 61.9 Å². The zero-order valence-corrected chi connectivity index (χ0v) is 26.9. The molecule has 0 unspecified atom stereocenters. The number of rotatable bonds is 12. The van der Waals surface area contributed by atoms with Gasteiger partial charge in [-0.3, -0.25) is 14.2 Å². The summed E-state index contributed by atoms with van der Waals surface area (Å²) in [4.78, 5) is 39.7. The third-order valence-corrected chi connectivity index (χ3v) is 8.91. The van der Waals surface area contributed by atoms with Crippen LogP contribution in [0.5, 0.6) is 5.75 Å². The van der Waals surface area contributed by atoms with Crippen LogP contribution in [0.2, 0.25) is 25.7 Å². The molecule has 0 bridgehead atoms. The number of nitrogens with zero attached hydrogens (tertiary/aromatic N) is 4. The number of hydrogen-bond donors (Lipinski definition) is 1. The predicted octanol–water partition coefficient (Wildman–Crippen LogP) is 4.77. The SMILES string of the molecule is CC(C)NC(=O)COc1cccc(-n2c(=O)c3ccccc3n(Cc3ccc4c(cnn4COCC[Si](C)(C)C)c3)c2=O)c1. The van der Waals surface area contributed by atoms with Crippen LogP contribution in [0.15, 0.2) is 82.5 Å². The Labute approximate surface area is 256 Å². The van der Waals surface area contributed by atoms with Crippen molar-refractivity contribution in [1.82, 2.24) is 24.2 Å². The standard InChI is InChI=1S/C33H39N5O5Si/c1-23(2)35-31(39)21-43-27-10-8-9-26(18-27)38-32(40)28-11-6-7-12-30(28)36(33(38)41)20-24-13-14-29-25(17-24)19-34-37(29)22-42-15-16-44(3,4)5/h6-14,17-19,23H,15-16,20-22H2,1-5H3,(H,35,39). The number of para-hydroxylation sites is 1. The lowest BCUT2D eigenvalue weighted by atomic mass is 10.1. The molecule has 0 spiro atoms. The van der Waals surface area contributed by atoms with Crippen LogP contribution in [0, 0.1) is 0 Å². The minimum atomic E-state index is -1.17. The summed E-state index contributed by atoms with van der Waals surface area (Å²) in [5.74, 6) is 0.118. The van der Waals surface area contributed by atoms with Gasteiger partial charge in [-0.25, -0.2) is 14.0 Å². The molecule has 1 N–H and O–H groups in total. The van der Waals surface area contributed by atoms with Crippen LogP contribution >= 0.6 is 0 Å². The van der Waals surface area contributed by atoms with Crippen molar-refractivity contribution in [2.75, 3.05) is 13.2 Å². The number of fused-ring (bicyclic) bond motifs is 2. The first kappa shape index (κ1) is 31.0. The van der Waals surface area contributed by atoms with Crippen molar-refractivity contribution < 1.29 is 14.3 Å².